The van der Waals surface area contributed by atoms with Crippen molar-refractivity contribution in [3.05, 3.63) is 41.5 Å². The van der Waals surface area contributed by atoms with Crippen LogP contribution < -0.4 is 0 Å². The van der Waals surface area contributed by atoms with E-state index in [0.717, 1.165) is 0 Å². The summed E-state index contributed by atoms with van der Waals surface area (Å²) in [7, 11) is 0. The number of halogens is 1. The Morgan fingerprint density at radius 2 is 2.20 bits per heavy atom. The molecule has 0 saturated heterocycles. The van der Waals surface area contributed by atoms with E-state index < -0.39 is 5.97 Å². The Balaban J connectivity index is 2.01. The largest absolute Gasteiger partial charge is 0.476 e. The number of hydrogen-bond acceptors (Lipinski definition) is 4. The number of carboxylic acids is 1. The van der Waals surface area contributed by atoms with Gasteiger partial charge in [-0.1, -0.05) is 24.3 Å². The number of carboxylic acid groups (broad SMARTS) is 1. The van der Waals surface area contributed by atoms with Crippen LogP contribution in [0.1, 0.15) is 23.1 Å². The zero-order valence-electron chi connectivity index (χ0n) is 10.9. The third kappa shape index (κ3) is 3.16. The Hall–Kier alpha value is -1.89. The van der Waals surface area contributed by atoms with E-state index in [2.05, 4.69) is 10.3 Å². The van der Waals surface area contributed by atoms with Crippen LogP contribution in [0.5, 0.6) is 0 Å². The molecule has 7 heteroatoms. The summed E-state index contributed by atoms with van der Waals surface area (Å²) < 4.78 is 15.0. The first-order valence-corrected chi connectivity index (χ1v) is 7.15. The smallest absolute Gasteiger partial charge is 0.358 e. The lowest BCUT2D eigenvalue weighted by Crippen LogP contribution is -2.09. The van der Waals surface area contributed by atoms with Crippen molar-refractivity contribution in [1.82, 2.24) is 15.0 Å². The summed E-state index contributed by atoms with van der Waals surface area (Å²) in [6.07, 6.45) is 0.541. The molecule has 1 heterocycles. The van der Waals surface area contributed by atoms with Crippen LogP contribution in [0.2, 0.25) is 0 Å². The van der Waals surface area contributed by atoms with Gasteiger partial charge in [0.2, 0.25) is 0 Å². The fraction of sp³-hybridized carbons (Fsp3) is 0.308. The average Bonchev–Trinajstić information content (AvgIpc) is 2.84. The summed E-state index contributed by atoms with van der Waals surface area (Å²) in [6, 6.07) is 6.55. The highest BCUT2D eigenvalue weighted by Crippen LogP contribution is 2.21. The van der Waals surface area contributed by atoms with Crippen molar-refractivity contribution in [2.45, 2.75) is 24.8 Å². The van der Waals surface area contributed by atoms with Crippen LogP contribution in [0.25, 0.3) is 0 Å². The van der Waals surface area contributed by atoms with Gasteiger partial charge in [-0.15, -0.1) is 16.9 Å². The van der Waals surface area contributed by atoms with Crippen molar-refractivity contribution >= 4 is 17.7 Å². The molecule has 5 nitrogen and oxygen atoms in total. The molecule has 0 atom stereocenters. The molecule has 20 heavy (non-hydrogen) atoms. The molecule has 1 aromatic carbocycles. The van der Waals surface area contributed by atoms with Gasteiger partial charge in [0.25, 0.3) is 0 Å². The van der Waals surface area contributed by atoms with Crippen LogP contribution in [-0.2, 0) is 13.0 Å². The molecule has 0 saturated carbocycles. The maximum Gasteiger partial charge on any atom is 0.358 e. The molecule has 0 amide bonds. The van der Waals surface area contributed by atoms with Gasteiger partial charge in [-0.05, 0) is 18.6 Å². The normalized spacial score (nSPS) is 10.7. The molecule has 0 unspecified atom stereocenters. The van der Waals surface area contributed by atoms with Crippen LogP contribution >= 0.6 is 11.8 Å². The van der Waals surface area contributed by atoms with Crippen LogP contribution in [0.4, 0.5) is 4.39 Å². The van der Waals surface area contributed by atoms with Crippen molar-refractivity contribution in [2.24, 2.45) is 0 Å². The number of aryl methyl sites for hydroxylation is 1. The fourth-order valence-electron chi connectivity index (χ4n) is 1.83. The first-order valence-electron chi connectivity index (χ1n) is 6.16. The summed E-state index contributed by atoms with van der Waals surface area (Å²) in [5, 5.41) is 16.5. The van der Waals surface area contributed by atoms with Gasteiger partial charge >= 0.3 is 5.97 Å². The number of hydrogen-bond donors (Lipinski definition) is 1. The molecule has 1 N–H and O–H groups in total. The molecule has 0 aliphatic heterocycles. The lowest BCUT2D eigenvalue weighted by atomic mass is 10.2. The van der Waals surface area contributed by atoms with Gasteiger partial charge in [0.1, 0.15) is 5.82 Å². The summed E-state index contributed by atoms with van der Waals surface area (Å²) in [5.41, 5.74) is 0.579. The first kappa shape index (κ1) is 14.5. The predicted molar refractivity (Wildman–Crippen MR) is 73.5 cm³/mol. The van der Waals surface area contributed by atoms with E-state index in [4.69, 9.17) is 5.11 Å². The number of rotatable bonds is 6. The number of thioether (sulfide) groups is 1. The maximum atomic E-state index is 13.4. The second kappa shape index (κ2) is 6.51. The summed E-state index contributed by atoms with van der Waals surface area (Å²) in [5.74, 6) is -0.732. The topological polar surface area (TPSA) is 68.0 Å². The van der Waals surface area contributed by atoms with Gasteiger partial charge in [-0.3, -0.25) is 0 Å². The number of aromatic carboxylic acids is 1. The second-order valence-electron chi connectivity index (χ2n) is 4.05. The van der Waals surface area contributed by atoms with E-state index in [1.165, 1.54) is 17.8 Å². The minimum atomic E-state index is -1.07. The minimum absolute atomic E-state index is 0.0107. The van der Waals surface area contributed by atoms with Crippen molar-refractivity contribution in [3.8, 4) is 0 Å². The Morgan fingerprint density at radius 3 is 2.85 bits per heavy atom. The third-order valence-corrected chi connectivity index (χ3v) is 3.80. The molecule has 0 radical (unpaired) electrons. The zero-order valence-corrected chi connectivity index (χ0v) is 11.7. The van der Waals surface area contributed by atoms with Gasteiger partial charge < -0.3 is 5.11 Å². The fourth-order valence-corrected chi connectivity index (χ4v) is 2.70. The van der Waals surface area contributed by atoms with E-state index in [0.29, 0.717) is 29.3 Å². The van der Waals surface area contributed by atoms with Crippen molar-refractivity contribution in [1.29, 1.82) is 0 Å². The maximum absolute atomic E-state index is 13.4. The third-order valence-electron chi connectivity index (χ3n) is 2.77. The van der Waals surface area contributed by atoms with Crippen molar-refractivity contribution in [2.75, 3.05) is 5.75 Å². The van der Waals surface area contributed by atoms with E-state index in [9.17, 15) is 9.18 Å². The van der Waals surface area contributed by atoms with Crippen LogP contribution in [0, 0.1) is 5.82 Å². The first-order chi connectivity index (χ1) is 9.63. The molecule has 0 spiro atoms. The van der Waals surface area contributed by atoms with Gasteiger partial charge in [-0.25, -0.2) is 13.9 Å². The molecule has 0 fully saturated rings. The quantitative estimate of drug-likeness (QED) is 0.829. The van der Waals surface area contributed by atoms with Crippen molar-refractivity contribution in [3.63, 3.8) is 0 Å². The monoisotopic (exact) mass is 295 g/mol. The number of nitrogens with zero attached hydrogens (tertiary/aromatic N) is 3. The highest BCUT2D eigenvalue weighted by molar-refractivity contribution is 7.99. The molecule has 106 valence electrons. The second-order valence-corrected chi connectivity index (χ2v) is 5.18. The summed E-state index contributed by atoms with van der Waals surface area (Å²) in [4.78, 5) is 11.5. The molecule has 2 rings (SSSR count). The van der Waals surface area contributed by atoms with Gasteiger partial charge in [-0.2, -0.15) is 0 Å². The molecular weight excluding hydrogens is 281 g/mol. The predicted octanol–water partition coefficient (Wildman–Crippen LogP) is 2.47. The summed E-state index contributed by atoms with van der Waals surface area (Å²) in [6.45, 7) is 2.34. The minimum Gasteiger partial charge on any atom is -0.476 e. The average molecular weight is 295 g/mol. The van der Waals surface area contributed by atoms with E-state index in [1.54, 1.807) is 22.9 Å². The number of aromatic nitrogens is 3. The Bertz CT molecular complexity index is 615. The van der Waals surface area contributed by atoms with E-state index in [-0.39, 0.29) is 11.5 Å². The van der Waals surface area contributed by atoms with Crippen molar-refractivity contribution < 1.29 is 14.3 Å². The lowest BCUT2D eigenvalue weighted by molar-refractivity contribution is 0.0689. The highest BCUT2D eigenvalue weighted by atomic mass is 32.2. The molecule has 2 aromatic rings. The van der Waals surface area contributed by atoms with Gasteiger partial charge in [0.15, 0.2) is 5.69 Å². The SMILES string of the molecule is CCc1c(C(=O)O)nnn1CCSc1ccccc1F. The van der Waals surface area contributed by atoms with Gasteiger partial charge in [0, 0.05) is 10.6 Å². The van der Waals surface area contributed by atoms with Crippen LogP contribution in [0.15, 0.2) is 29.2 Å². The Kier molecular flexibility index (Phi) is 4.73. The lowest BCUT2D eigenvalue weighted by Gasteiger charge is -2.05. The number of benzene rings is 1. The van der Waals surface area contributed by atoms with E-state index >= 15 is 0 Å². The Morgan fingerprint density at radius 1 is 1.45 bits per heavy atom. The molecular formula is C13H14FN3O2S. The molecule has 0 bridgehead atoms. The zero-order chi connectivity index (χ0) is 14.5. The molecule has 1 aromatic heterocycles. The molecule has 0 aliphatic rings. The standard InChI is InChI=1S/C13H14FN3O2S/c1-2-10-12(13(18)19)15-16-17(10)7-8-20-11-6-4-3-5-9(11)14/h3-6H,2,7-8H2,1H3,(H,18,19). The van der Waals surface area contributed by atoms with Crippen LogP contribution in [0.3, 0.4) is 0 Å². The van der Waals surface area contributed by atoms with Crippen LogP contribution in [-0.4, -0.2) is 31.8 Å². The Labute approximate surface area is 119 Å². The summed E-state index contributed by atoms with van der Waals surface area (Å²) >= 11 is 1.37. The highest BCUT2D eigenvalue weighted by Gasteiger charge is 2.17. The molecule has 0 aliphatic carbocycles. The number of carbonyl (C=O) groups is 1. The van der Waals surface area contributed by atoms with E-state index in [1.807, 2.05) is 6.92 Å². The van der Waals surface area contributed by atoms with Gasteiger partial charge in [0.05, 0.1) is 12.2 Å².